The maximum atomic E-state index is 3.81. The Morgan fingerprint density at radius 3 is 1.25 bits per heavy atom. The molecule has 0 aromatic rings. The molecule has 1 heterocycles. The summed E-state index contributed by atoms with van der Waals surface area (Å²) in [6.07, 6.45) is 0. The predicted octanol–water partition coefficient (Wildman–Crippen LogP) is 0.187. The zero-order chi connectivity index (χ0) is 5.98. The van der Waals surface area contributed by atoms with E-state index in [4.69, 9.17) is 0 Å². The zero-order valence-electron chi connectivity index (χ0n) is 5.14. The summed E-state index contributed by atoms with van der Waals surface area (Å²) >= 11 is 0. The van der Waals surface area contributed by atoms with Gasteiger partial charge in [-0.15, -0.1) is 0 Å². The van der Waals surface area contributed by atoms with Crippen molar-refractivity contribution in [3.05, 3.63) is 14.1 Å². The molecule has 1 fully saturated rings. The van der Waals surface area contributed by atoms with Crippen LogP contribution in [0.4, 0.5) is 0 Å². The van der Waals surface area contributed by atoms with E-state index in [1.807, 2.05) is 0 Å². The molecule has 0 aliphatic carbocycles. The highest BCUT2D eigenvalue weighted by molar-refractivity contribution is 4.69. The Morgan fingerprint density at radius 2 is 1.00 bits per heavy atom. The van der Waals surface area contributed by atoms with Gasteiger partial charge < -0.3 is 0 Å². The van der Waals surface area contributed by atoms with Crippen LogP contribution in [0.15, 0.2) is 0 Å². The summed E-state index contributed by atoms with van der Waals surface area (Å²) in [5.74, 6) is 0. The average molecular weight is 112 g/mol. The summed E-state index contributed by atoms with van der Waals surface area (Å²) in [4.78, 5) is 4.14. The molecule has 0 N–H and O–H groups in total. The molecule has 1 aliphatic rings. The SMILES string of the molecule is [CH2]N1CCN([CH2])CC1. The van der Waals surface area contributed by atoms with Crippen LogP contribution in [0.2, 0.25) is 0 Å². The lowest BCUT2D eigenvalue weighted by Gasteiger charge is -2.28. The van der Waals surface area contributed by atoms with Crippen molar-refractivity contribution in [2.45, 2.75) is 0 Å². The van der Waals surface area contributed by atoms with Crippen molar-refractivity contribution in [3.8, 4) is 0 Å². The first-order valence-electron chi connectivity index (χ1n) is 2.90. The van der Waals surface area contributed by atoms with E-state index in [1.54, 1.807) is 0 Å². The topological polar surface area (TPSA) is 6.48 Å². The molecule has 2 heteroatoms. The Kier molecular flexibility index (Phi) is 1.86. The number of piperazine rings is 1. The van der Waals surface area contributed by atoms with Crippen LogP contribution in [-0.4, -0.2) is 36.0 Å². The van der Waals surface area contributed by atoms with Crippen LogP contribution >= 0.6 is 0 Å². The molecule has 0 saturated carbocycles. The molecule has 0 aromatic heterocycles. The van der Waals surface area contributed by atoms with Crippen LogP contribution in [0, 0.1) is 14.1 Å². The second-order valence-electron chi connectivity index (χ2n) is 2.24. The normalized spacial score (nSPS) is 26.2. The van der Waals surface area contributed by atoms with Gasteiger partial charge in [0.25, 0.3) is 0 Å². The summed E-state index contributed by atoms with van der Waals surface area (Å²) in [5.41, 5.74) is 0. The van der Waals surface area contributed by atoms with E-state index in [2.05, 4.69) is 23.9 Å². The molecular formula is C6H12N2. The quantitative estimate of drug-likeness (QED) is 0.441. The molecule has 1 saturated heterocycles. The van der Waals surface area contributed by atoms with Crippen LogP contribution in [-0.2, 0) is 0 Å². The van der Waals surface area contributed by atoms with Crippen LogP contribution in [0.3, 0.4) is 0 Å². The Bertz CT molecular complexity index is 54.9. The van der Waals surface area contributed by atoms with Gasteiger partial charge in [-0.2, -0.15) is 0 Å². The second kappa shape index (κ2) is 2.46. The fraction of sp³-hybridized carbons (Fsp3) is 0.667. The van der Waals surface area contributed by atoms with Crippen molar-refractivity contribution in [1.82, 2.24) is 9.80 Å². The molecule has 0 atom stereocenters. The molecule has 1 aliphatic heterocycles. The van der Waals surface area contributed by atoms with Gasteiger partial charge in [0.15, 0.2) is 0 Å². The van der Waals surface area contributed by atoms with Gasteiger partial charge in [-0.25, -0.2) is 0 Å². The largest absolute Gasteiger partial charge is 0.300 e. The van der Waals surface area contributed by atoms with E-state index in [9.17, 15) is 0 Å². The number of hydrogen-bond donors (Lipinski definition) is 0. The molecule has 0 unspecified atom stereocenters. The van der Waals surface area contributed by atoms with Crippen molar-refractivity contribution in [3.63, 3.8) is 0 Å². The molecule has 0 aromatic carbocycles. The third kappa shape index (κ3) is 1.46. The second-order valence-corrected chi connectivity index (χ2v) is 2.24. The number of hydrogen-bond acceptors (Lipinski definition) is 2. The molecule has 0 amide bonds. The minimum absolute atomic E-state index is 1.06. The predicted molar refractivity (Wildman–Crippen MR) is 33.9 cm³/mol. The molecular weight excluding hydrogens is 100 g/mol. The summed E-state index contributed by atoms with van der Waals surface area (Å²) in [7, 11) is 7.62. The summed E-state index contributed by atoms with van der Waals surface area (Å²) < 4.78 is 0. The third-order valence-electron chi connectivity index (χ3n) is 1.46. The van der Waals surface area contributed by atoms with Gasteiger partial charge in [0.1, 0.15) is 0 Å². The van der Waals surface area contributed by atoms with Gasteiger partial charge >= 0.3 is 0 Å². The summed E-state index contributed by atoms with van der Waals surface area (Å²) in [6, 6.07) is 0. The van der Waals surface area contributed by atoms with E-state index >= 15 is 0 Å². The summed E-state index contributed by atoms with van der Waals surface area (Å²) in [6.45, 7) is 4.24. The Labute approximate surface area is 51.1 Å². The Hall–Kier alpha value is -0.0800. The number of nitrogens with zero attached hydrogens (tertiary/aromatic N) is 2. The highest BCUT2D eigenvalue weighted by atomic mass is 15.2. The van der Waals surface area contributed by atoms with Gasteiger partial charge in [-0.05, 0) is 0 Å². The maximum Gasteiger partial charge on any atom is 0.0110 e. The molecule has 0 bridgehead atoms. The molecule has 2 radical (unpaired) electrons. The first-order valence-corrected chi connectivity index (χ1v) is 2.90. The molecule has 8 heavy (non-hydrogen) atoms. The van der Waals surface area contributed by atoms with Gasteiger partial charge in [0, 0.05) is 40.3 Å². The van der Waals surface area contributed by atoms with E-state index < -0.39 is 0 Å². The standard InChI is InChI=1S/C6H12N2/c1-7-3-5-8(2)6-4-7/h1-6H2. The van der Waals surface area contributed by atoms with E-state index in [1.165, 1.54) is 0 Å². The van der Waals surface area contributed by atoms with Crippen molar-refractivity contribution < 1.29 is 0 Å². The van der Waals surface area contributed by atoms with E-state index in [0.29, 0.717) is 0 Å². The average Bonchev–Trinajstić information content (AvgIpc) is 1.77. The van der Waals surface area contributed by atoms with Gasteiger partial charge in [-0.1, -0.05) is 0 Å². The highest BCUT2D eigenvalue weighted by Gasteiger charge is 2.08. The van der Waals surface area contributed by atoms with Gasteiger partial charge in [-0.3, -0.25) is 9.80 Å². The van der Waals surface area contributed by atoms with Crippen LogP contribution in [0.25, 0.3) is 0 Å². The minimum Gasteiger partial charge on any atom is -0.300 e. The van der Waals surface area contributed by atoms with Crippen molar-refractivity contribution in [1.29, 1.82) is 0 Å². The number of rotatable bonds is 0. The smallest absolute Gasteiger partial charge is 0.0110 e. The zero-order valence-corrected chi connectivity index (χ0v) is 5.14. The van der Waals surface area contributed by atoms with Gasteiger partial charge in [0.05, 0.1) is 0 Å². The van der Waals surface area contributed by atoms with Crippen molar-refractivity contribution in [2.24, 2.45) is 0 Å². The fourth-order valence-electron chi connectivity index (χ4n) is 0.789. The van der Waals surface area contributed by atoms with E-state index in [-0.39, 0.29) is 0 Å². The summed E-state index contributed by atoms with van der Waals surface area (Å²) in [5, 5.41) is 0. The lowest BCUT2D eigenvalue weighted by Crippen LogP contribution is -2.40. The Morgan fingerprint density at radius 1 is 0.750 bits per heavy atom. The van der Waals surface area contributed by atoms with Crippen LogP contribution < -0.4 is 0 Å². The van der Waals surface area contributed by atoms with Crippen LogP contribution in [0.5, 0.6) is 0 Å². The van der Waals surface area contributed by atoms with Crippen molar-refractivity contribution >= 4 is 0 Å². The monoisotopic (exact) mass is 112 g/mol. The maximum absolute atomic E-state index is 3.81. The minimum atomic E-state index is 1.06. The van der Waals surface area contributed by atoms with Crippen LogP contribution in [0.1, 0.15) is 0 Å². The molecule has 2 nitrogen and oxygen atoms in total. The lowest BCUT2D eigenvalue weighted by atomic mass is 10.4. The highest BCUT2D eigenvalue weighted by Crippen LogP contribution is 1.95. The molecule has 46 valence electrons. The van der Waals surface area contributed by atoms with Crippen molar-refractivity contribution in [2.75, 3.05) is 26.2 Å². The third-order valence-corrected chi connectivity index (χ3v) is 1.46. The first kappa shape index (κ1) is 6.05. The molecule has 1 rings (SSSR count). The fourth-order valence-corrected chi connectivity index (χ4v) is 0.789. The molecule has 0 spiro atoms. The van der Waals surface area contributed by atoms with E-state index in [0.717, 1.165) is 26.2 Å². The Balaban J connectivity index is 2.19. The first-order chi connectivity index (χ1) is 3.79. The lowest BCUT2D eigenvalue weighted by molar-refractivity contribution is 0.213. The van der Waals surface area contributed by atoms with Gasteiger partial charge in [0.2, 0.25) is 0 Å².